The van der Waals surface area contributed by atoms with Gasteiger partial charge < -0.3 is 14.2 Å². The van der Waals surface area contributed by atoms with Crippen molar-refractivity contribution < 1.29 is 9.53 Å². The lowest BCUT2D eigenvalue weighted by atomic mass is 9.90. The predicted molar refractivity (Wildman–Crippen MR) is 89.5 cm³/mol. The summed E-state index contributed by atoms with van der Waals surface area (Å²) in [5, 5.41) is 0. The molecule has 0 aliphatic carbocycles. The second-order valence-corrected chi connectivity index (χ2v) is 6.19. The Balaban J connectivity index is 1.90. The zero-order valence-electron chi connectivity index (χ0n) is 13.9. The number of carbonyl (C=O) groups excluding carboxylic acids is 1. The van der Waals surface area contributed by atoms with Crippen molar-refractivity contribution in [2.45, 2.75) is 38.8 Å². The Labute approximate surface area is 136 Å². The quantitative estimate of drug-likeness (QED) is 0.814. The van der Waals surface area contributed by atoms with E-state index in [4.69, 9.17) is 4.74 Å². The molecule has 0 saturated carbocycles. The van der Waals surface area contributed by atoms with Gasteiger partial charge in [-0.25, -0.2) is 4.98 Å². The molecule has 5 heteroatoms. The van der Waals surface area contributed by atoms with E-state index in [1.54, 1.807) is 0 Å². The number of nitrogens with zero attached hydrogens (tertiary/aromatic N) is 3. The van der Waals surface area contributed by atoms with Gasteiger partial charge in [0.15, 0.2) is 0 Å². The van der Waals surface area contributed by atoms with Crippen molar-refractivity contribution in [1.29, 1.82) is 0 Å². The van der Waals surface area contributed by atoms with Crippen LogP contribution in [0.1, 0.15) is 43.6 Å². The number of methoxy groups -OCH3 is 1. The number of esters is 1. The van der Waals surface area contributed by atoms with E-state index < -0.39 is 0 Å². The van der Waals surface area contributed by atoms with Crippen molar-refractivity contribution in [3.05, 3.63) is 48.0 Å². The number of imidazole rings is 1. The molecule has 1 aliphatic heterocycles. The standard InChI is InChI=1S/C18H23N3O2/c1-13(2)21-11-9-19-17(21)12-20-10-8-15(18(22)23-3)14-6-4-5-7-16(14)20/h4-7,9,11,13,15H,8,10,12H2,1-3H3/t15-/m1/s1. The van der Waals surface area contributed by atoms with Crippen molar-refractivity contribution in [2.75, 3.05) is 18.6 Å². The Kier molecular flexibility index (Phi) is 4.37. The summed E-state index contributed by atoms with van der Waals surface area (Å²) in [5.74, 6) is 0.726. The van der Waals surface area contributed by atoms with Crippen LogP contribution in [0.25, 0.3) is 0 Å². The first kappa shape index (κ1) is 15.6. The summed E-state index contributed by atoms with van der Waals surface area (Å²) in [6.07, 6.45) is 4.64. The van der Waals surface area contributed by atoms with E-state index in [9.17, 15) is 4.79 Å². The number of ether oxygens (including phenoxy) is 1. The molecule has 0 saturated heterocycles. The highest BCUT2D eigenvalue weighted by atomic mass is 16.5. The smallest absolute Gasteiger partial charge is 0.313 e. The Morgan fingerprint density at radius 3 is 2.91 bits per heavy atom. The number of benzene rings is 1. The van der Waals surface area contributed by atoms with Gasteiger partial charge in [-0.3, -0.25) is 4.79 Å². The monoisotopic (exact) mass is 313 g/mol. The first-order valence-corrected chi connectivity index (χ1v) is 8.05. The zero-order valence-corrected chi connectivity index (χ0v) is 13.9. The molecule has 1 aromatic heterocycles. The molecule has 0 amide bonds. The molecule has 23 heavy (non-hydrogen) atoms. The van der Waals surface area contributed by atoms with E-state index in [1.165, 1.54) is 7.11 Å². The number of hydrogen-bond acceptors (Lipinski definition) is 4. The Bertz CT molecular complexity index is 693. The number of hydrogen-bond donors (Lipinski definition) is 0. The summed E-state index contributed by atoms with van der Waals surface area (Å²) in [6.45, 7) is 5.88. The molecule has 0 N–H and O–H groups in total. The van der Waals surface area contributed by atoms with Crippen molar-refractivity contribution >= 4 is 11.7 Å². The molecule has 0 spiro atoms. The predicted octanol–water partition coefficient (Wildman–Crippen LogP) is 3.13. The van der Waals surface area contributed by atoms with Crippen molar-refractivity contribution in [2.24, 2.45) is 0 Å². The van der Waals surface area contributed by atoms with Gasteiger partial charge in [-0.2, -0.15) is 0 Å². The zero-order chi connectivity index (χ0) is 16.4. The van der Waals surface area contributed by atoms with Crippen LogP contribution in [0.5, 0.6) is 0 Å². The van der Waals surface area contributed by atoms with E-state index in [0.717, 1.165) is 36.6 Å². The van der Waals surface area contributed by atoms with Gasteiger partial charge in [0.1, 0.15) is 5.82 Å². The second-order valence-electron chi connectivity index (χ2n) is 6.19. The Morgan fingerprint density at radius 2 is 2.17 bits per heavy atom. The SMILES string of the molecule is COC(=O)[C@@H]1CCN(Cc2nccn2C(C)C)c2ccccc21. The van der Waals surface area contributed by atoms with Gasteiger partial charge in [0.25, 0.3) is 0 Å². The molecule has 0 bridgehead atoms. The molecule has 2 heterocycles. The third-order valence-electron chi connectivity index (χ3n) is 4.46. The van der Waals surface area contributed by atoms with Crippen LogP contribution in [0.2, 0.25) is 0 Å². The topological polar surface area (TPSA) is 47.4 Å². The minimum Gasteiger partial charge on any atom is -0.469 e. The molecule has 0 unspecified atom stereocenters. The third kappa shape index (κ3) is 2.96. The van der Waals surface area contributed by atoms with Gasteiger partial charge in [0.2, 0.25) is 0 Å². The largest absolute Gasteiger partial charge is 0.469 e. The van der Waals surface area contributed by atoms with E-state index in [0.29, 0.717) is 6.04 Å². The molecule has 0 fully saturated rings. The fraction of sp³-hybridized carbons (Fsp3) is 0.444. The highest BCUT2D eigenvalue weighted by Crippen LogP contribution is 2.36. The molecule has 2 aromatic rings. The first-order chi connectivity index (χ1) is 11.1. The van der Waals surface area contributed by atoms with Gasteiger partial charge >= 0.3 is 5.97 Å². The van der Waals surface area contributed by atoms with Crippen molar-refractivity contribution in [1.82, 2.24) is 9.55 Å². The summed E-state index contributed by atoms with van der Waals surface area (Å²) in [5.41, 5.74) is 2.15. The van der Waals surface area contributed by atoms with Crippen molar-refractivity contribution in [3.8, 4) is 0 Å². The minimum absolute atomic E-state index is 0.152. The molecule has 122 valence electrons. The average Bonchev–Trinajstić information content (AvgIpc) is 3.03. The van der Waals surface area contributed by atoms with E-state index >= 15 is 0 Å². The van der Waals surface area contributed by atoms with Crippen LogP contribution in [0.4, 0.5) is 5.69 Å². The van der Waals surface area contributed by atoms with Crippen LogP contribution in [0.15, 0.2) is 36.7 Å². The first-order valence-electron chi connectivity index (χ1n) is 8.05. The van der Waals surface area contributed by atoms with Gasteiger partial charge in [-0.15, -0.1) is 0 Å². The summed E-state index contributed by atoms with van der Waals surface area (Å²) in [7, 11) is 1.46. The highest BCUT2D eigenvalue weighted by molar-refractivity contribution is 5.81. The summed E-state index contributed by atoms with van der Waals surface area (Å²) >= 11 is 0. The molecule has 1 atom stereocenters. The van der Waals surface area contributed by atoms with Crippen LogP contribution >= 0.6 is 0 Å². The maximum atomic E-state index is 12.0. The number of carbonyl (C=O) groups is 1. The summed E-state index contributed by atoms with van der Waals surface area (Å²) in [6, 6.07) is 8.48. The van der Waals surface area contributed by atoms with Gasteiger partial charge in [0.05, 0.1) is 19.6 Å². The maximum Gasteiger partial charge on any atom is 0.313 e. The molecular formula is C18H23N3O2. The number of aromatic nitrogens is 2. The number of anilines is 1. The summed E-state index contributed by atoms with van der Waals surface area (Å²) in [4.78, 5) is 18.8. The minimum atomic E-state index is -0.169. The summed E-state index contributed by atoms with van der Waals surface area (Å²) < 4.78 is 7.15. The molecular weight excluding hydrogens is 290 g/mol. The van der Waals surface area contributed by atoms with Crippen LogP contribution < -0.4 is 4.90 Å². The normalized spacial score (nSPS) is 17.2. The fourth-order valence-corrected chi connectivity index (χ4v) is 3.29. The number of para-hydroxylation sites is 1. The van der Waals surface area contributed by atoms with Crippen molar-refractivity contribution in [3.63, 3.8) is 0 Å². The van der Waals surface area contributed by atoms with Gasteiger partial charge in [0, 0.05) is 30.7 Å². The van der Waals surface area contributed by atoms with Crippen LogP contribution in [0.3, 0.4) is 0 Å². The van der Waals surface area contributed by atoms with Crippen LogP contribution in [-0.4, -0.2) is 29.2 Å². The van der Waals surface area contributed by atoms with Gasteiger partial charge in [-0.1, -0.05) is 18.2 Å². The fourth-order valence-electron chi connectivity index (χ4n) is 3.29. The van der Waals surface area contributed by atoms with E-state index in [2.05, 4.69) is 34.4 Å². The molecule has 0 radical (unpaired) electrons. The molecule has 1 aromatic carbocycles. The van der Waals surface area contributed by atoms with E-state index in [1.807, 2.05) is 30.6 Å². The van der Waals surface area contributed by atoms with Crippen LogP contribution in [0, 0.1) is 0 Å². The second kappa shape index (κ2) is 6.44. The lowest BCUT2D eigenvalue weighted by Gasteiger charge is -2.34. The lowest BCUT2D eigenvalue weighted by Crippen LogP contribution is -2.34. The lowest BCUT2D eigenvalue weighted by molar-refractivity contribution is -0.142. The number of fused-ring (bicyclic) bond motifs is 1. The number of rotatable bonds is 4. The van der Waals surface area contributed by atoms with Crippen LogP contribution in [-0.2, 0) is 16.1 Å². The average molecular weight is 313 g/mol. The highest BCUT2D eigenvalue weighted by Gasteiger charge is 2.31. The molecule has 3 rings (SSSR count). The van der Waals surface area contributed by atoms with Gasteiger partial charge in [-0.05, 0) is 31.9 Å². The molecule has 1 aliphatic rings. The maximum absolute atomic E-state index is 12.0. The Hall–Kier alpha value is -2.30. The Morgan fingerprint density at radius 1 is 1.39 bits per heavy atom. The third-order valence-corrected chi connectivity index (χ3v) is 4.46. The molecule has 5 nitrogen and oxygen atoms in total. The van der Waals surface area contributed by atoms with E-state index in [-0.39, 0.29) is 11.9 Å².